The Kier molecular flexibility index (Phi) is 11.6. The van der Waals surface area contributed by atoms with Gasteiger partial charge in [0, 0.05) is 0 Å². The Morgan fingerprint density at radius 1 is 0.607 bits per heavy atom. The molecule has 0 aliphatic heterocycles. The van der Waals surface area contributed by atoms with Gasteiger partial charge in [-0.1, -0.05) is 68.1 Å². The highest BCUT2D eigenvalue weighted by atomic mass is 16.5. The topological polar surface area (TPSA) is 35.5 Å². The number of benzene rings is 2. The van der Waals surface area contributed by atoms with Gasteiger partial charge in [0.2, 0.25) is 0 Å². The number of hydrogen-bond acceptors (Lipinski definition) is 3. The minimum atomic E-state index is 0.523. The molecule has 0 aromatic heterocycles. The molecule has 0 spiro atoms. The second kappa shape index (κ2) is 14.7. The van der Waals surface area contributed by atoms with Gasteiger partial charge in [-0.05, 0) is 61.8 Å². The molecule has 0 fully saturated rings. The van der Waals surface area contributed by atoms with Crippen LogP contribution in [0, 0.1) is 0 Å². The molecule has 0 amide bonds. The number of aryl methyl sites for hydroxylation is 2. The molecule has 0 aliphatic carbocycles. The third kappa shape index (κ3) is 10.1. The van der Waals surface area contributed by atoms with Crippen LogP contribution in [0.15, 0.2) is 54.6 Å². The average molecular weight is 383 g/mol. The lowest BCUT2D eigenvalue weighted by molar-refractivity contribution is -0.128. The first-order valence-corrected chi connectivity index (χ1v) is 10.7. The fraction of sp³-hybridized carbons (Fsp3) is 0.480. The van der Waals surface area contributed by atoms with Crippen molar-refractivity contribution in [1.29, 1.82) is 0 Å². The number of hydrogen-bond donors (Lipinski definition) is 0. The molecule has 3 nitrogen and oxygen atoms in total. The lowest BCUT2D eigenvalue weighted by Crippen LogP contribution is -1.98. The zero-order chi connectivity index (χ0) is 19.7. The summed E-state index contributed by atoms with van der Waals surface area (Å²) < 4.78 is 10.6. The predicted molar refractivity (Wildman–Crippen MR) is 115 cm³/mol. The second-order valence-electron chi connectivity index (χ2n) is 7.27. The SMILES string of the molecule is O=COCCCCCCc1ccc(OCCCCCCc2ccccc2)cc1. The van der Waals surface area contributed by atoms with Gasteiger partial charge in [-0.15, -0.1) is 0 Å². The van der Waals surface area contributed by atoms with Crippen LogP contribution in [0.2, 0.25) is 0 Å². The van der Waals surface area contributed by atoms with Gasteiger partial charge in [-0.2, -0.15) is 0 Å². The molecule has 152 valence electrons. The summed E-state index contributed by atoms with van der Waals surface area (Å²) in [5, 5.41) is 0. The van der Waals surface area contributed by atoms with E-state index in [-0.39, 0.29) is 0 Å². The van der Waals surface area contributed by atoms with E-state index in [1.807, 2.05) is 0 Å². The van der Waals surface area contributed by atoms with Crippen molar-refractivity contribution in [2.24, 2.45) is 0 Å². The van der Waals surface area contributed by atoms with E-state index < -0.39 is 0 Å². The molecule has 28 heavy (non-hydrogen) atoms. The van der Waals surface area contributed by atoms with Crippen LogP contribution in [0.4, 0.5) is 0 Å². The molecule has 2 rings (SSSR count). The van der Waals surface area contributed by atoms with E-state index in [1.54, 1.807) is 0 Å². The summed E-state index contributed by atoms with van der Waals surface area (Å²) >= 11 is 0. The molecule has 0 bridgehead atoms. The van der Waals surface area contributed by atoms with Crippen molar-refractivity contribution in [2.45, 2.75) is 64.2 Å². The summed E-state index contributed by atoms with van der Waals surface area (Å²) in [6.45, 7) is 1.87. The predicted octanol–water partition coefficient (Wildman–Crippen LogP) is 6.14. The number of ether oxygens (including phenoxy) is 2. The summed E-state index contributed by atoms with van der Waals surface area (Å²) in [5.74, 6) is 0.971. The van der Waals surface area contributed by atoms with Crippen molar-refractivity contribution in [2.75, 3.05) is 13.2 Å². The van der Waals surface area contributed by atoms with Gasteiger partial charge in [0.25, 0.3) is 6.47 Å². The van der Waals surface area contributed by atoms with E-state index in [1.165, 1.54) is 49.7 Å². The fourth-order valence-electron chi connectivity index (χ4n) is 3.29. The molecule has 0 saturated carbocycles. The molecule has 2 aromatic rings. The fourth-order valence-corrected chi connectivity index (χ4v) is 3.29. The summed E-state index contributed by atoms with van der Waals surface area (Å²) in [6.07, 6.45) is 11.5. The third-order valence-corrected chi connectivity index (χ3v) is 4.94. The summed E-state index contributed by atoms with van der Waals surface area (Å²) in [5.41, 5.74) is 2.79. The Bertz CT molecular complexity index is 622. The van der Waals surface area contributed by atoms with Gasteiger partial charge in [0.15, 0.2) is 0 Å². The Hall–Kier alpha value is -2.29. The first-order chi connectivity index (χ1) is 13.9. The van der Waals surface area contributed by atoms with Crippen molar-refractivity contribution in [3.05, 3.63) is 65.7 Å². The first kappa shape index (κ1) is 22.0. The smallest absolute Gasteiger partial charge is 0.293 e. The van der Waals surface area contributed by atoms with Crippen LogP contribution in [0.1, 0.15) is 62.5 Å². The lowest BCUT2D eigenvalue weighted by atomic mass is 10.1. The highest BCUT2D eigenvalue weighted by Crippen LogP contribution is 2.15. The van der Waals surface area contributed by atoms with E-state index in [0.29, 0.717) is 13.1 Å². The van der Waals surface area contributed by atoms with E-state index in [9.17, 15) is 4.79 Å². The standard InChI is InChI=1S/C25H34O3/c26-22-27-20-10-3-1-7-15-24-16-18-25(19-17-24)28-21-11-4-2-6-12-23-13-8-5-9-14-23/h5,8-9,13-14,16-19,22H,1-4,6-7,10-12,15,20-21H2. The Morgan fingerprint density at radius 2 is 1.18 bits per heavy atom. The maximum Gasteiger partial charge on any atom is 0.293 e. The molecule has 2 aromatic carbocycles. The van der Waals surface area contributed by atoms with E-state index >= 15 is 0 Å². The van der Waals surface area contributed by atoms with Gasteiger partial charge in [-0.3, -0.25) is 4.79 Å². The normalized spacial score (nSPS) is 10.6. The number of unbranched alkanes of at least 4 members (excludes halogenated alkanes) is 6. The zero-order valence-electron chi connectivity index (χ0n) is 17.0. The molecule has 3 heteroatoms. The molecular formula is C25H34O3. The number of carbonyl (C=O) groups excluding carboxylic acids is 1. The minimum absolute atomic E-state index is 0.523. The molecular weight excluding hydrogens is 348 g/mol. The van der Waals surface area contributed by atoms with Crippen LogP contribution in [0.3, 0.4) is 0 Å². The molecule has 0 unspecified atom stereocenters. The van der Waals surface area contributed by atoms with E-state index in [2.05, 4.69) is 54.6 Å². The maximum absolute atomic E-state index is 10.0. The quantitative estimate of drug-likeness (QED) is 0.258. The molecule has 0 aliphatic rings. The van der Waals surface area contributed by atoms with Crippen LogP contribution in [-0.2, 0) is 22.4 Å². The zero-order valence-corrected chi connectivity index (χ0v) is 17.0. The van der Waals surface area contributed by atoms with Crippen molar-refractivity contribution in [3.63, 3.8) is 0 Å². The summed E-state index contributed by atoms with van der Waals surface area (Å²) in [6, 6.07) is 19.2. The highest BCUT2D eigenvalue weighted by Gasteiger charge is 1.98. The molecule has 0 radical (unpaired) electrons. The van der Waals surface area contributed by atoms with Crippen molar-refractivity contribution >= 4 is 6.47 Å². The molecule has 0 atom stereocenters. The van der Waals surface area contributed by atoms with E-state index in [4.69, 9.17) is 9.47 Å². The van der Waals surface area contributed by atoms with Gasteiger partial charge < -0.3 is 9.47 Å². The Morgan fingerprint density at radius 3 is 1.82 bits per heavy atom. The third-order valence-electron chi connectivity index (χ3n) is 4.94. The number of rotatable bonds is 16. The largest absolute Gasteiger partial charge is 0.494 e. The summed E-state index contributed by atoms with van der Waals surface area (Å²) in [4.78, 5) is 10.0. The highest BCUT2D eigenvalue weighted by molar-refractivity contribution is 5.36. The van der Waals surface area contributed by atoms with Crippen LogP contribution in [0.5, 0.6) is 5.75 Å². The Labute approximate surface area is 170 Å². The Balaban J connectivity index is 1.46. The molecule has 0 saturated heterocycles. The van der Waals surface area contributed by atoms with Crippen LogP contribution in [-0.4, -0.2) is 19.7 Å². The van der Waals surface area contributed by atoms with Gasteiger partial charge >= 0.3 is 0 Å². The van der Waals surface area contributed by atoms with Crippen molar-refractivity contribution in [3.8, 4) is 5.75 Å². The minimum Gasteiger partial charge on any atom is -0.494 e. The van der Waals surface area contributed by atoms with Crippen LogP contribution >= 0.6 is 0 Å². The maximum atomic E-state index is 10.0. The van der Waals surface area contributed by atoms with Gasteiger partial charge in [0.05, 0.1) is 13.2 Å². The second-order valence-corrected chi connectivity index (χ2v) is 7.27. The average Bonchev–Trinajstić information content (AvgIpc) is 2.74. The van der Waals surface area contributed by atoms with Gasteiger partial charge in [0.1, 0.15) is 5.75 Å². The van der Waals surface area contributed by atoms with Gasteiger partial charge in [-0.25, -0.2) is 0 Å². The lowest BCUT2D eigenvalue weighted by Gasteiger charge is -2.08. The van der Waals surface area contributed by atoms with Crippen LogP contribution < -0.4 is 4.74 Å². The number of carbonyl (C=O) groups is 1. The monoisotopic (exact) mass is 382 g/mol. The first-order valence-electron chi connectivity index (χ1n) is 10.7. The van der Waals surface area contributed by atoms with E-state index in [0.717, 1.165) is 38.0 Å². The van der Waals surface area contributed by atoms with Crippen molar-refractivity contribution < 1.29 is 14.3 Å². The molecule has 0 N–H and O–H groups in total. The summed E-state index contributed by atoms with van der Waals surface area (Å²) in [7, 11) is 0. The van der Waals surface area contributed by atoms with Crippen LogP contribution in [0.25, 0.3) is 0 Å². The van der Waals surface area contributed by atoms with Crippen molar-refractivity contribution in [1.82, 2.24) is 0 Å². The molecule has 0 heterocycles.